The first-order chi connectivity index (χ1) is 13.5. The number of hydrogen-bond donors (Lipinski definition) is 3. The zero-order valence-corrected chi connectivity index (χ0v) is 16.3. The van der Waals surface area contributed by atoms with Crippen LogP contribution in [0.1, 0.15) is 23.6 Å². The summed E-state index contributed by atoms with van der Waals surface area (Å²) in [5.74, 6) is -0.134. The lowest BCUT2D eigenvalue weighted by Crippen LogP contribution is -2.30. The van der Waals surface area contributed by atoms with Crippen molar-refractivity contribution < 1.29 is 14.6 Å². The van der Waals surface area contributed by atoms with E-state index in [1.807, 2.05) is 62.6 Å². The second-order valence-corrected chi connectivity index (χ2v) is 7.11. The van der Waals surface area contributed by atoms with E-state index in [2.05, 4.69) is 15.2 Å². The molecule has 6 nitrogen and oxygen atoms in total. The Hall–Kier alpha value is -2.83. The van der Waals surface area contributed by atoms with Crippen molar-refractivity contribution in [2.45, 2.75) is 19.1 Å². The van der Waals surface area contributed by atoms with Gasteiger partial charge in [0.15, 0.2) is 0 Å². The molecule has 0 saturated carbocycles. The Bertz CT molecular complexity index is 906. The quantitative estimate of drug-likeness (QED) is 0.469. The number of nitrogens with one attached hydrogen (secondary N) is 2. The number of nitrogens with zero attached hydrogens (tertiary/aromatic N) is 1. The minimum atomic E-state index is -0.879. The summed E-state index contributed by atoms with van der Waals surface area (Å²) in [4.78, 5) is 17.0. The van der Waals surface area contributed by atoms with Crippen LogP contribution < -0.4 is 10.1 Å². The highest BCUT2D eigenvalue weighted by Gasteiger charge is 2.22. The average Bonchev–Trinajstić information content (AvgIpc) is 3.09. The fourth-order valence-electron chi connectivity index (χ4n) is 3.17. The summed E-state index contributed by atoms with van der Waals surface area (Å²) in [5.41, 5.74) is 2.70. The van der Waals surface area contributed by atoms with Gasteiger partial charge < -0.3 is 25.0 Å². The highest BCUT2D eigenvalue weighted by Crippen LogP contribution is 2.28. The third-order valence-electron chi connectivity index (χ3n) is 4.62. The number of H-pyrrole nitrogens is 1. The molecule has 0 radical (unpaired) electrons. The molecule has 1 aromatic heterocycles. The van der Waals surface area contributed by atoms with E-state index < -0.39 is 12.0 Å². The zero-order valence-electron chi connectivity index (χ0n) is 16.3. The molecule has 0 spiro atoms. The molecule has 3 rings (SSSR count). The molecule has 28 heavy (non-hydrogen) atoms. The van der Waals surface area contributed by atoms with Crippen LogP contribution in [0.2, 0.25) is 0 Å². The number of carbonyl (C=O) groups is 1. The summed E-state index contributed by atoms with van der Waals surface area (Å²) >= 11 is 0. The van der Waals surface area contributed by atoms with E-state index in [1.165, 1.54) is 0 Å². The Morgan fingerprint density at radius 2 is 2.00 bits per heavy atom. The van der Waals surface area contributed by atoms with Crippen LogP contribution in [0.15, 0.2) is 54.7 Å². The van der Waals surface area contributed by atoms with E-state index in [-0.39, 0.29) is 0 Å². The van der Waals surface area contributed by atoms with Gasteiger partial charge in [-0.2, -0.15) is 0 Å². The maximum absolute atomic E-state index is 11.8. The van der Waals surface area contributed by atoms with Crippen molar-refractivity contribution >= 4 is 16.9 Å². The highest BCUT2D eigenvalue weighted by molar-refractivity contribution is 5.89. The van der Waals surface area contributed by atoms with E-state index in [1.54, 1.807) is 6.20 Å². The summed E-state index contributed by atoms with van der Waals surface area (Å²) in [7, 11) is 4.01. The van der Waals surface area contributed by atoms with Crippen LogP contribution in [-0.4, -0.2) is 48.1 Å². The summed E-state index contributed by atoms with van der Waals surface area (Å²) in [6.07, 6.45) is 2.65. The summed E-state index contributed by atoms with van der Waals surface area (Å²) < 4.78 is 5.86. The van der Waals surface area contributed by atoms with Crippen molar-refractivity contribution in [3.05, 3.63) is 65.9 Å². The van der Waals surface area contributed by atoms with E-state index in [9.17, 15) is 9.90 Å². The van der Waals surface area contributed by atoms with Crippen LogP contribution in [-0.2, 0) is 11.4 Å². The number of carboxylic acid groups (broad SMARTS) is 1. The number of benzene rings is 2. The number of fused-ring (bicyclic) bond motifs is 1. The summed E-state index contributed by atoms with van der Waals surface area (Å²) in [6.45, 7) is 2.04. The number of rotatable bonds is 10. The molecule has 148 valence electrons. The van der Waals surface area contributed by atoms with E-state index >= 15 is 0 Å². The maximum atomic E-state index is 11.8. The Morgan fingerprint density at radius 1 is 1.21 bits per heavy atom. The van der Waals surface area contributed by atoms with Crippen LogP contribution in [0.4, 0.5) is 0 Å². The smallest absolute Gasteiger partial charge is 0.325 e. The average molecular weight is 381 g/mol. The van der Waals surface area contributed by atoms with Crippen molar-refractivity contribution in [1.82, 2.24) is 15.2 Å². The van der Waals surface area contributed by atoms with Crippen molar-refractivity contribution in [3.63, 3.8) is 0 Å². The first-order valence-corrected chi connectivity index (χ1v) is 9.43. The molecule has 0 saturated heterocycles. The van der Waals surface area contributed by atoms with Crippen molar-refractivity contribution in [2.24, 2.45) is 0 Å². The van der Waals surface area contributed by atoms with E-state index in [0.29, 0.717) is 13.2 Å². The predicted molar refractivity (Wildman–Crippen MR) is 111 cm³/mol. The number of hydrogen-bond acceptors (Lipinski definition) is 4. The summed E-state index contributed by atoms with van der Waals surface area (Å²) in [6, 6.07) is 14.9. The SMILES string of the molecule is CN(C)CCCN[C@H](C(=O)O)c1c[nH]c2cc(OCc3ccccc3)ccc12. The van der Waals surface area contributed by atoms with Gasteiger partial charge in [-0.3, -0.25) is 4.79 Å². The minimum absolute atomic E-state index is 0.491. The van der Waals surface area contributed by atoms with Gasteiger partial charge in [-0.15, -0.1) is 0 Å². The van der Waals surface area contributed by atoms with E-state index in [0.717, 1.165) is 40.7 Å². The molecule has 0 bridgehead atoms. The van der Waals surface area contributed by atoms with Gasteiger partial charge in [-0.25, -0.2) is 0 Å². The molecule has 1 heterocycles. The molecule has 0 aliphatic rings. The van der Waals surface area contributed by atoms with Gasteiger partial charge in [0.25, 0.3) is 0 Å². The fourth-order valence-corrected chi connectivity index (χ4v) is 3.17. The van der Waals surface area contributed by atoms with Gasteiger partial charge in [0, 0.05) is 28.7 Å². The van der Waals surface area contributed by atoms with Crippen LogP contribution >= 0.6 is 0 Å². The van der Waals surface area contributed by atoms with Gasteiger partial charge in [0.1, 0.15) is 18.4 Å². The van der Waals surface area contributed by atoms with Gasteiger partial charge in [-0.1, -0.05) is 30.3 Å². The van der Waals surface area contributed by atoms with Gasteiger partial charge in [0.2, 0.25) is 0 Å². The van der Waals surface area contributed by atoms with Crippen LogP contribution in [0.5, 0.6) is 5.75 Å². The van der Waals surface area contributed by atoms with Crippen molar-refractivity contribution in [3.8, 4) is 5.75 Å². The summed E-state index contributed by atoms with van der Waals surface area (Å²) in [5, 5.41) is 13.7. The molecule has 6 heteroatoms. The molecule has 1 atom stereocenters. The normalized spacial score (nSPS) is 12.4. The Labute approximate surface area is 165 Å². The van der Waals surface area contributed by atoms with Crippen molar-refractivity contribution in [2.75, 3.05) is 27.2 Å². The molecule has 2 aromatic carbocycles. The Morgan fingerprint density at radius 3 is 2.71 bits per heavy atom. The molecule has 0 fully saturated rings. The Kier molecular flexibility index (Phi) is 6.68. The highest BCUT2D eigenvalue weighted by atomic mass is 16.5. The molecule has 3 aromatic rings. The predicted octanol–water partition coefficient (Wildman–Crippen LogP) is 3.41. The molecule has 0 aliphatic carbocycles. The number of aliphatic carboxylic acids is 1. The monoisotopic (exact) mass is 381 g/mol. The lowest BCUT2D eigenvalue weighted by Gasteiger charge is -2.15. The first-order valence-electron chi connectivity index (χ1n) is 9.43. The second kappa shape index (κ2) is 9.39. The molecule has 0 unspecified atom stereocenters. The molecule has 3 N–H and O–H groups in total. The largest absolute Gasteiger partial charge is 0.489 e. The molecular weight excluding hydrogens is 354 g/mol. The maximum Gasteiger partial charge on any atom is 0.325 e. The lowest BCUT2D eigenvalue weighted by atomic mass is 10.1. The third kappa shape index (κ3) is 5.12. The fraction of sp³-hybridized carbons (Fsp3) is 0.318. The van der Waals surface area contributed by atoms with E-state index in [4.69, 9.17) is 4.74 Å². The van der Waals surface area contributed by atoms with Crippen LogP contribution in [0.25, 0.3) is 10.9 Å². The molecule has 0 amide bonds. The van der Waals surface area contributed by atoms with Crippen molar-refractivity contribution in [1.29, 1.82) is 0 Å². The van der Waals surface area contributed by atoms with Gasteiger partial charge >= 0.3 is 5.97 Å². The zero-order chi connectivity index (χ0) is 19.9. The molecular formula is C22H27N3O3. The minimum Gasteiger partial charge on any atom is -0.489 e. The topological polar surface area (TPSA) is 77.6 Å². The number of carboxylic acids is 1. The standard InChI is InChI=1S/C22H27N3O3/c1-25(2)12-6-11-23-21(22(26)27)19-14-24-20-13-17(9-10-18(19)20)28-15-16-7-4-3-5-8-16/h3-5,7-10,13-14,21,23-24H,6,11-12,15H2,1-2H3,(H,26,27)/t21-/m0/s1. The van der Waals surface area contributed by atoms with Gasteiger partial charge in [-0.05, 0) is 51.3 Å². The second-order valence-electron chi connectivity index (χ2n) is 7.11. The molecule has 0 aliphatic heterocycles. The van der Waals surface area contributed by atoms with Crippen LogP contribution in [0.3, 0.4) is 0 Å². The van der Waals surface area contributed by atoms with Gasteiger partial charge in [0.05, 0.1) is 0 Å². The first kappa shape index (κ1) is 19.9. The number of ether oxygens (including phenoxy) is 1. The number of aromatic amines is 1. The Balaban J connectivity index is 1.70. The van der Waals surface area contributed by atoms with Crippen LogP contribution in [0, 0.1) is 0 Å². The lowest BCUT2D eigenvalue weighted by molar-refractivity contribution is -0.139. The third-order valence-corrected chi connectivity index (χ3v) is 4.62. The number of aromatic nitrogens is 1.